The average molecular weight is 282 g/mol. The van der Waals surface area contributed by atoms with E-state index in [9.17, 15) is 14.9 Å². The van der Waals surface area contributed by atoms with Gasteiger partial charge < -0.3 is 5.11 Å². The molecule has 0 fully saturated rings. The molecule has 0 saturated carbocycles. The molecule has 0 aliphatic rings. The van der Waals surface area contributed by atoms with E-state index < -0.39 is 10.9 Å². The van der Waals surface area contributed by atoms with Crippen molar-refractivity contribution in [1.29, 1.82) is 0 Å². The van der Waals surface area contributed by atoms with Crippen molar-refractivity contribution >= 4 is 34.1 Å². The number of carboxylic acids is 1. The second kappa shape index (κ2) is 5.15. The average Bonchev–Trinajstić information content (AvgIpc) is 2.78. The van der Waals surface area contributed by atoms with Gasteiger partial charge in [0.05, 0.1) is 10.5 Å². The quantitative estimate of drug-likeness (QED) is 0.684. The maximum Gasteiger partial charge on any atom is 0.344 e. The molecule has 8 heteroatoms. The number of nitro groups is 1. The predicted molar refractivity (Wildman–Crippen MR) is 66.3 cm³/mol. The molecule has 18 heavy (non-hydrogen) atoms. The lowest BCUT2D eigenvalue weighted by Crippen LogP contribution is -1.94. The van der Waals surface area contributed by atoms with Crippen LogP contribution in [0.15, 0.2) is 39.7 Å². The van der Waals surface area contributed by atoms with E-state index in [1.165, 1.54) is 30.1 Å². The van der Waals surface area contributed by atoms with Crippen LogP contribution >= 0.6 is 23.1 Å². The molecule has 6 nitrogen and oxygen atoms in total. The molecule has 2 aromatic rings. The molecule has 2 rings (SSSR count). The Hall–Kier alpha value is -1.93. The van der Waals surface area contributed by atoms with Crippen LogP contribution in [-0.2, 0) is 0 Å². The molecule has 0 amide bonds. The zero-order valence-corrected chi connectivity index (χ0v) is 10.4. The van der Waals surface area contributed by atoms with Gasteiger partial charge in [-0.2, -0.15) is 0 Å². The number of carbonyl (C=O) groups is 1. The Morgan fingerprint density at radius 2 is 2.06 bits per heavy atom. The summed E-state index contributed by atoms with van der Waals surface area (Å²) in [5.74, 6) is -0.989. The van der Waals surface area contributed by atoms with Crippen molar-refractivity contribution in [2.24, 2.45) is 0 Å². The van der Waals surface area contributed by atoms with E-state index in [0.717, 1.165) is 16.2 Å². The summed E-state index contributed by atoms with van der Waals surface area (Å²) < 4.78 is 0.546. The van der Waals surface area contributed by atoms with Crippen LogP contribution in [0.2, 0.25) is 0 Å². The van der Waals surface area contributed by atoms with Crippen LogP contribution in [0, 0.1) is 10.1 Å². The van der Waals surface area contributed by atoms with Crippen LogP contribution in [0.25, 0.3) is 0 Å². The maximum atomic E-state index is 10.7. The summed E-state index contributed by atoms with van der Waals surface area (Å²) in [6, 6.07) is 6.24. The third-order valence-corrected chi connectivity index (χ3v) is 3.99. The Morgan fingerprint density at radius 1 is 1.39 bits per heavy atom. The number of aromatic carboxylic acids is 1. The predicted octanol–water partition coefficient (Wildman–Crippen LogP) is 2.90. The van der Waals surface area contributed by atoms with Crippen LogP contribution in [0.4, 0.5) is 5.00 Å². The molecule has 0 radical (unpaired) electrons. The molecule has 0 spiro atoms. The van der Waals surface area contributed by atoms with Gasteiger partial charge in [-0.25, -0.2) is 9.78 Å². The standard InChI is InChI=1S/C10H6N2O4S2/c13-9(14)6-1-3-7(4-2-6)17-10-11-5-8(18-10)12(15)16/h1-5H,(H,13,14). The highest BCUT2D eigenvalue weighted by atomic mass is 32.2. The fourth-order valence-electron chi connectivity index (χ4n) is 1.15. The summed E-state index contributed by atoms with van der Waals surface area (Å²) >= 11 is 2.24. The highest BCUT2D eigenvalue weighted by molar-refractivity contribution is 8.01. The molecule has 0 unspecified atom stereocenters. The van der Waals surface area contributed by atoms with Gasteiger partial charge in [0.15, 0.2) is 4.34 Å². The zero-order chi connectivity index (χ0) is 13.1. The molecule has 92 valence electrons. The van der Waals surface area contributed by atoms with Gasteiger partial charge in [0, 0.05) is 4.90 Å². The molecular weight excluding hydrogens is 276 g/mol. The minimum Gasteiger partial charge on any atom is -0.478 e. The number of thiazole rings is 1. The van der Waals surface area contributed by atoms with Gasteiger partial charge in [0.2, 0.25) is 0 Å². The van der Waals surface area contributed by atoms with Crippen molar-refractivity contribution in [3.05, 3.63) is 46.1 Å². The number of carboxylic acid groups (broad SMARTS) is 1. The van der Waals surface area contributed by atoms with Gasteiger partial charge in [-0.1, -0.05) is 11.8 Å². The van der Waals surface area contributed by atoms with Crippen LogP contribution in [-0.4, -0.2) is 21.0 Å². The maximum absolute atomic E-state index is 10.7. The fraction of sp³-hybridized carbons (Fsp3) is 0. The minimum absolute atomic E-state index is 0.0142. The summed E-state index contributed by atoms with van der Waals surface area (Å²) in [7, 11) is 0. The molecule has 0 atom stereocenters. The summed E-state index contributed by atoms with van der Waals surface area (Å²) in [6.45, 7) is 0. The third-order valence-electron chi connectivity index (χ3n) is 1.96. The topological polar surface area (TPSA) is 93.3 Å². The van der Waals surface area contributed by atoms with Crippen LogP contribution in [0.5, 0.6) is 0 Å². The summed E-state index contributed by atoms with van der Waals surface area (Å²) in [6.07, 6.45) is 1.21. The highest BCUT2D eigenvalue weighted by Gasteiger charge is 2.12. The fourth-order valence-corrected chi connectivity index (χ4v) is 2.90. The highest BCUT2D eigenvalue weighted by Crippen LogP contribution is 2.34. The zero-order valence-electron chi connectivity index (χ0n) is 8.77. The van der Waals surface area contributed by atoms with Crippen LogP contribution < -0.4 is 0 Å². The summed E-state index contributed by atoms with van der Waals surface area (Å²) in [5, 5.41) is 19.2. The Balaban J connectivity index is 2.13. The summed E-state index contributed by atoms with van der Waals surface area (Å²) in [4.78, 5) is 25.3. The smallest absolute Gasteiger partial charge is 0.344 e. The molecule has 0 aliphatic heterocycles. The Bertz CT molecular complexity index is 594. The van der Waals surface area contributed by atoms with Gasteiger partial charge in [-0.3, -0.25) is 10.1 Å². The molecule has 1 heterocycles. The van der Waals surface area contributed by atoms with Gasteiger partial charge in [0.1, 0.15) is 6.20 Å². The number of hydrogen-bond acceptors (Lipinski definition) is 6. The van der Waals surface area contributed by atoms with Gasteiger partial charge in [0.25, 0.3) is 0 Å². The number of nitrogens with zero attached hydrogens (tertiary/aromatic N) is 2. The lowest BCUT2D eigenvalue weighted by molar-refractivity contribution is -0.380. The van der Waals surface area contributed by atoms with Gasteiger partial charge in [-0.05, 0) is 35.6 Å². The lowest BCUT2D eigenvalue weighted by Gasteiger charge is -1.98. The first-order chi connectivity index (χ1) is 8.56. The van der Waals surface area contributed by atoms with E-state index in [0.29, 0.717) is 4.34 Å². The Labute approximate surface area is 109 Å². The molecule has 0 aliphatic carbocycles. The van der Waals surface area contributed by atoms with E-state index in [2.05, 4.69) is 4.98 Å². The van der Waals surface area contributed by atoms with E-state index in [1.807, 2.05) is 0 Å². The SMILES string of the molecule is O=C(O)c1ccc(Sc2ncc([N+](=O)[O-])s2)cc1. The van der Waals surface area contributed by atoms with Gasteiger partial charge >= 0.3 is 11.0 Å². The molecule has 0 bridgehead atoms. The van der Waals surface area contributed by atoms with Crippen molar-refractivity contribution in [3.8, 4) is 0 Å². The van der Waals surface area contributed by atoms with E-state index in [1.54, 1.807) is 12.1 Å². The Morgan fingerprint density at radius 3 is 2.56 bits per heavy atom. The second-order valence-corrected chi connectivity index (χ2v) is 5.48. The van der Waals surface area contributed by atoms with E-state index in [-0.39, 0.29) is 10.6 Å². The van der Waals surface area contributed by atoms with Crippen molar-refractivity contribution < 1.29 is 14.8 Å². The molecular formula is C10H6N2O4S2. The number of hydrogen-bond donors (Lipinski definition) is 1. The Kier molecular flexibility index (Phi) is 3.58. The largest absolute Gasteiger partial charge is 0.478 e. The van der Waals surface area contributed by atoms with Crippen molar-refractivity contribution in [1.82, 2.24) is 4.98 Å². The van der Waals surface area contributed by atoms with Crippen LogP contribution in [0.1, 0.15) is 10.4 Å². The number of benzene rings is 1. The van der Waals surface area contributed by atoms with Gasteiger partial charge in [-0.15, -0.1) is 0 Å². The second-order valence-electron chi connectivity index (χ2n) is 3.15. The molecule has 1 N–H and O–H groups in total. The van der Waals surface area contributed by atoms with Crippen molar-refractivity contribution in [3.63, 3.8) is 0 Å². The monoisotopic (exact) mass is 282 g/mol. The third kappa shape index (κ3) is 2.84. The molecule has 1 aromatic carbocycles. The molecule has 0 saturated heterocycles. The molecule has 1 aromatic heterocycles. The van der Waals surface area contributed by atoms with Crippen LogP contribution in [0.3, 0.4) is 0 Å². The first-order valence-corrected chi connectivity index (χ1v) is 6.31. The summed E-state index contributed by atoms with van der Waals surface area (Å²) in [5.41, 5.74) is 0.199. The first-order valence-electron chi connectivity index (χ1n) is 4.67. The van der Waals surface area contributed by atoms with E-state index in [4.69, 9.17) is 5.11 Å². The number of aromatic nitrogens is 1. The van der Waals surface area contributed by atoms with Crippen molar-refractivity contribution in [2.45, 2.75) is 9.24 Å². The van der Waals surface area contributed by atoms with E-state index >= 15 is 0 Å². The first kappa shape index (κ1) is 12.5. The van der Waals surface area contributed by atoms with Crippen molar-refractivity contribution in [2.75, 3.05) is 0 Å². The minimum atomic E-state index is -0.989. The normalized spacial score (nSPS) is 10.2. The number of rotatable bonds is 4. The lowest BCUT2D eigenvalue weighted by atomic mass is 10.2.